The number of hydrogen-bond acceptors (Lipinski definition) is 23. The lowest BCUT2D eigenvalue weighted by molar-refractivity contribution is -0.142. The molecule has 0 radical (unpaired) electrons. The highest BCUT2D eigenvalue weighted by Gasteiger charge is 2.38. The van der Waals surface area contributed by atoms with Crippen molar-refractivity contribution in [2.45, 2.75) is 209 Å². The number of carbonyl (C=O) groups excluding carboxylic acids is 15. The SMILES string of the molecule is C[C@H](NC(=O)[C@H](CC(=O)O)NC(=O)[C@H](C[C@@H](C)O)NC(=O)[C@H](Cc1ccc(O)cc1)NC(=O)[C@H](C[C@@H](C)O)NC(=O)[C@H](Cc1ccccc1)NC(=O)CNC(=O)[C@@H]1CCCN(C(=O)[C@H](C)NC(=O)[C@H](CCC(N)=O)NC(=O)CNC(=O)[C@@H](N)C[C@@H](C)O)C1)C(=O)N[C@@H](CC(N)=O)C(=O)N[C@@H](CCCCN)C(=O)O. The molecule has 1 aliphatic heterocycles. The molecule has 0 unspecified atom stereocenters. The number of nitrogens with one attached hydrogen (secondary N) is 12. The first-order valence-electron chi connectivity index (χ1n) is 35.0. The van der Waals surface area contributed by atoms with E-state index in [0.29, 0.717) is 18.4 Å². The number of phenolic OH excluding ortho intramolecular Hbond substituents is 1. The minimum absolute atomic E-state index is 0.0740. The van der Waals surface area contributed by atoms with Crippen molar-refractivity contribution in [2.75, 3.05) is 32.7 Å². The second-order valence-corrected chi connectivity index (χ2v) is 26.4. The number of aliphatic carboxylic acids is 2. The van der Waals surface area contributed by atoms with Crippen LogP contribution in [0, 0.1) is 5.92 Å². The van der Waals surface area contributed by atoms with Gasteiger partial charge in [-0.3, -0.25) is 76.7 Å². The number of carbonyl (C=O) groups is 17. The number of aliphatic hydroxyl groups is 3. The second-order valence-electron chi connectivity index (χ2n) is 26.4. The number of phenols is 1. The maximum atomic E-state index is 14.6. The summed E-state index contributed by atoms with van der Waals surface area (Å²) in [5, 5.41) is 88.7. The standard InChI is InChI=1S/C68H103N17O23/c1-34(86)24-43(70)59(98)74-32-54(92)77-44(20-21-52(71)90)60(99)76-38(5)67(106)85-23-11-14-41(33-85)58(97)73-31-55(93)78-48(27-39-12-7-6-8-13-39)64(103)81-46(25-35(2)87)62(101)83-49(28-40-16-18-42(89)19-17-40)65(104)82-47(26-36(3)88)63(102)84-51(30-56(94)95)61(100)75-37(4)57(96)80-50(29-53(72)91)66(105)79-45(68(107)108)15-9-10-22-69/h6-8,12-13,16-19,34-38,41,43-51,86-89H,9-11,14-15,20-33,69-70H2,1-5H3,(H2,71,90)(H2,72,91)(H,73,97)(H,74,98)(H,75,100)(H,76,99)(H,77,92)(H,78,93)(H,79,105)(H,80,96)(H,81,103)(H,82,104)(H,83,101)(H,84,102)(H,94,95)(H,107,108)/t34-,35-,36-,37+,38+,41-,43+,44+,45+,46+,47+,48+,49+,50+,51+/m1/s1. The van der Waals surface area contributed by atoms with E-state index in [0.717, 1.165) is 6.92 Å². The third-order valence-corrected chi connectivity index (χ3v) is 16.7. The van der Waals surface area contributed by atoms with Crippen LogP contribution in [-0.2, 0) is 94.3 Å². The fraction of sp³-hybridized carbons (Fsp3) is 0.574. The number of amides is 15. The van der Waals surface area contributed by atoms with Crippen LogP contribution in [0.25, 0.3) is 0 Å². The fourth-order valence-corrected chi connectivity index (χ4v) is 11.0. The zero-order valence-electron chi connectivity index (χ0n) is 60.7. The van der Waals surface area contributed by atoms with Crippen LogP contribution in [-0.4, -0.2) is 254 Å². The van der Waals surface area contributed by atoms with Crippen molar-refractivity contribution in [3.8, 4) is 5.75 Å². The molecule has 108 heavy (non-hydrogen) atoms. The third kappa shape index (κ3) is 34.1. The molecular formula is C68H103N17O23. The van der Waals surface area contributed by atoms with Gasteiger partial charge in [0.2, 0.25) is 88.6 Å². The van der Waals surface area contributed by atoms with Crippen LogP contribution in [0.3, 0.4) is 0 Å². The average molecular weight is 1530 g/mol. The van der Waals surface area contributed by atoms with Gasteiger partial charge >= 0.3 is 11.9 Å². The Morgan fingerprint density at radius 2 is 0.935 bits per heavy atom. The Hall–Kier alpha value is -11.0. The average Bonchev–Trinajstić information content (AvgIpc) is 0.847. The molecule has 40 nitrogen and oxygen atoms in total. The Bertz CT molecular complexity index is 3460. The van der Waals surface area contributed by atoms with Crippen LogP contribution in [0.1, 0.15) is 123 Å². The van der Waals surface area contributed by atoms with Crippen molar-refractivity contribution in [3.05, 3.63) is 65.7 Å². The van der Waals surface area contributed by atoms with Crippen molar-refractivity contribution in [1.29, 1.82) is 0 Å². The number of aromatic hydroxyl groups is 1. The number of nitrogens with zero attached hydrogens (tertiary/aromatic N) is 1. The minimum atomic E-state index is -2.05. The van der Waals surface area contributed by atoms with Gasteiger partial charge in [-0.05, 0) is 109 Å². The van der Waals surface area contributed by atoms with Crippen LogP contribution >= 0.6 is 0 Å². The van der Waals surface area contributed by atoms with E-state index < -0.39 is 236 Å². The molecule has 2 aromatic rings. The molecule has 1 fully saturated rings. The molecule has 598 valence electrons. The van der Waals surface area contributed by atoms with Crippen molar-refractivity contribution >= 4 is 101 Å². The molecule has 1 heterocycles. The van der Waals surface area contributed by atoms with E-state index in [-0.39, 0.29) is 75.9 Å². The van der Waals surface area contributed by atoms with Crippen molar-refractivity contribution < 1.29 is 112 Å². The van der Waals surface area contributed by atoms with E-state index in [1.165, 1.54) is 56.9 Å². The largest absolute Gasteiger partial charge is 0.508 e. The molecule has 2 aromatic carbocycles. The number of primary amides is 2. The molecule has 0 spiro atoms. The lowest BCUT2D eigenvalue weighted by Gasteiger charge is -2.34. The zero-order chi connectivity index (χ0) is 81.1. The quantitative estimate of drug-likeness (QED) is 0.0274. The maximum absolute atomic E-state index is 14.6. The van der Waals surface area contributed by atoms with Gasteiger partial charge in [0.05, 0.1) is 56.2 Å². The van der Waals surface area contributed by atoms with Gasteiger partial charge in [-0.1, -0.05) is 42.5 Å². The number of carboxylic acid groups (broad SMARTS) is 2. The lowest BCUT2D eigenvalue weighted by atomic mass is 9.96. The van der Waals surface area contributed by atoms with E-state index in [1.807, 2.05) is 0 Å². The van der Waals surface area contributed by atoms with Crippen LogP contribution < -0.4 is 86.7 Å². The summed E-state index contributed by atoms with van der Waals surface area (Å²) >= 11 is 0. The number of rotatable bonds is 47. The first-order chi connectivity index (χ1) is 50.8. The van der Waals surface area contributed by atoms with E-state index in [9.17, 15) is 112 Å². The zero-order valence-corrected chi connectivity index (χ0v) is 60.7. The molecule has 0 aromatic heterocycles. The summed E-state index contributed by atoms with van der Waals surface area (Å²) in [7, 11) is 0. The van der Waals surface area contributed by atoms with Crippen molar-refractivity contribution in [2.24, 2.45) is 28.9 Å². The van der Waals surface area contributed by atoms with Gasteiger partial charge in [-0.25, -0.2) is 4.79 Å². The fourth-order valence-electron chi connectivity index (χ4n) is 11.0. The van der Waals surface area contributed by atoms with Gasteiger partial charge in [0.1, 0.15) is 66.2 Å². The predicted octanol–water partition coefficient (Wildman–Crippen LogP) is -7.99. The van der Waals surface area contributed by atoms with Crippen molar-refractivity contribution in [1.82, 2.24) is 68.7 Å². The van der Waals surface area contributed by atoms with Crippen LogP contribution in [0.2, 0.25) is 0 Å². The first-order valence-corrected chi connectivity index (χ1v) is 35.0. The number of unbranched alkanes of at least 4 members (excludes halogenated alkanes) is 1. The Morgan fingerprint density at radius 1 is 0.481 bits per heavy atom. The number of carboxylic acids is 2. The first kappa shape index (κ1) is 91.2. The molecule has 1 aliphatic rings. The smallest absolute Gasteiger partial charge is 0.326 e. The monoisotopic (exact) mass is 1530 g/mol. The highest BCUT2D eigenvalue weighted by molar-refractivity contribution is 6.00. The highest BCUT2D eigenvalue weighted by atomic mass is 16.4. The number of nitrogens with two attached hydrogens (primary N) is 4. The van der Waals surface area contributed by atoms with E-state index in [2.05, 4.69) is 63.8 Å². The topological polar surface area (TPSA) is 663 Å². The summed E-state index contributed by atoms with van der Waals surface area (Å²) in [6.07, 6.45) is -7.10. The van der Waals surface area contributed by atoms with E-state index >= 15 is 0 Å². The predicted molar refractivity (Wildman–Crippen MR) is 380 cm³/mol. The second kappa shape index (κ2) is 46.2. The summed E-state index contributed by atoms with van der Waals surface area (Å²) in [5.41, 5.74) is 22.6. The van der Waals surface area contributed by atoms with Gasteiger partial charge in [-0.2, -0.15) is 0 Å². The minimum Gasteiger partial charge on any atom is -0.508 e. The third-order valence-electron chi connectivity index (χ3n) is 16.7. The molecule has 15 amide bonds. The van der Waals surface area contributed by atoms with Crippen molar-refractivity contribution in [3.63, 3.8) is 0 Å². The normalized spacial score (nSPS) is 16.5. The Labute approximate surface area is 621 Å². The number of benzene rings is 2. The molecule has 0 bridgehead atoms. The van der Waals surface area contributed by atoms with Gasteiger partial charge < -0.3 is 122 Å². The maximum Gasteiger partial charge on any atom is 0.326 e. The summed E-state index contributed by atoms with van der Waals surface area (Å²) in [6.45, 7) is 5.13. The van der Waals surface area contributed by atoms with Crippen LogP contribution in [0.15, 0.2) is 54.6 Å². The number of aliphatic hydroxyl groups excluding tert-OH is 3. The summed E-state index contributed by atoms with van der Waals surface area (Å²) in [4.78, 5) is 227. The molecule has 3 rings (SSSR count). The molecule has 0 saturated carbocycles. The van der Waals surface area contributed by atoms with E-state index in [4.69, 9.17) is 22.9 Å². The summed E-state index contributed by atoms with van der Waals surface area (Å²) in [6, 6.07) is -4.20. The molecule has 1 saturated heterocycles. The number of hydrogen-bond donors (Lipinski definition) is 22. The van der Waals surface area contributed by atoms with Crippen LogP contribution in [0.4, 0.5) is 0 Å². The Balaban J connectivity index is 1.82. The van der Waals surface area contributed by atoms with Gasteiger partial charge in [0.25, 0.3) is 0 Å². The molecule has 40 heteroatoms. The number of likely N-dealkylation sites (tertiary alicyclic amines) is 1. The molecule has 26 N–H and O–H groups in total. The van der Waals surface area contributed by atoms with Crippen LogP contribution in [0.5, 0.6) is 5.75 Å². The summed E-state index contributed by atoms with van der Waals surface area (Å²) < 4.78 is 0. The molecule has 15 atom stereocenters. The summed E-state index contributed by atoms with van der Waals surface area (Å²) in [5.74, 6) is -19.1. The highest BCUT2D eigenvalue weighted by Crippen LogP contribution is 2.19. The molecular weight excluding hydrogens is 1420 g/mol. The van der Waals surface area contributed by atoms with E-state index in [1.54, 1.807) is 30.3 Å². The van der Waals surface area contributed by atoms with Gasteiger partial charge in [0, 0.05) is 45.2 Å². The Morgan fingerprint density at radius 3 is 1.46 bits per heavy atom. The lowest BCUT2D eigenvalue weighted by Crippen LogP contribution is -2.61. The molecule has 0 aliphatic carbocycles. The number of piperidine rings is 1. The van der Waals surface area contributed by atoms with Gasteiger partial charge in [-0.15, -0.1) is 0 Å². The Kier molecular flexibility index (Phi) is 39.0. The van der Waals surface area contributed by atoms with Gasteiger partial charge in [0.15, 0.2) is 0 Å².